The molecule has 3 aromatic rings. The largest absolute Gasteiger partial charge is 0.459 e. The van der Waals surface area contributed by atoms with Crippen molar-refractivity contribution >= 4 is 35.1 Å². The fourth-order valence-electron chi connectivity index (χ4n) is 14.1. The van der Waals surface area contributed by atoms with Crippen molar-refractivity contribution in [3.05, 3.63) is 91.0 Å². The minimum Gasteiger partial charge on any atom is -0.459 e. The van der Waals surface area contributed by atoms with Gasteiger partial charge in [-0.05, 0) is 142 Å². The topological polar surface area (TPSA) is 188 Å². The number of aliphatic hydroxyl groups excluding tert-OH is 3. The lowest BCUT2D eigenvalue weighted by Crippen LogP contribution is -2.61. The smallest absolute Gasteiger partial charge is 0.309 e. The molecule has 5 N–H and O–H groups in total. The maximum Gasteiger partial charge on any atom is 0.309 e. The van der Waals surface area contributed by atoms with Gasteiger partial charge in [-0.1, -0.05) is 114 Å². The molecule has 18 atom stereocenters. The van der Waals surface area contributed by atoms with Crippen molar-refractivity contribution in [2.45, 2.75) is 237 Å². The number of likely N-dealkylation sites (N-methyl/N-ethyl adjacent to an activating group) is 1. The van der Waals surface area contributed by atoms with Crippen LogP contribution in [0.3, 0.4) is 0 Å². The minimum atomic E-state index is -1.99. The van der Waals surface area contributed by atoms with Crippen LogP contribution in [0.2, 0.25) is 0 Å². The average molecular weight is 1150 g/mol. The molecule has 454 valence electrons. The number of cyclic esters (lactones) is 1. The summed E-state index contributed by atoms with van der Waals surface area (Å²) in [7, 11) is 3.45. The van der Waals surface area contributed by atoms with Crippen molar-refractivity contribution in [1.82, 2.24) is 9.80 Å². The number of carbonyl (C=O) groups excluding carboxylic acids is 2. The summed E-state index contributed by atoms with van der Waals surface area (Å²) >= 11 is 0. The summed E-state index contributed by atoms with van der Waals surface area (Å²) in [6.45, 7) is 17.9. The van der Waals surface area contributed by atoms with Crippen LogP contribution in [0.25, 0.3) is 0 Å². The van der Waals surface area contributed by atoms with E-state index in [0.29, 0.717) is 12.8 Å². The summed E-state index contributed by atoms with van der Waals surface area (Å²) in [6.07, 6.45) is 1.64. The Morgan fingerprint density at radius 3 is 1.77 bits per heavy atom. The van der Waals surface area contributed by atoms with Crippen LogP contribution in [0.1, 0.15) is 153 Å². The molecule has 3 aromatic carbocycles. The number of carbonyl (C=O) groups is 2. The highest BCUT2D eigenvalue weighted by Crippen LogP contribution is 2.56. The second-order valence-electron chi connectivity index (χ2n) is 25.5. The molecular weight excluding hydrogens is 1040 g/mol. The van der Waals surface area contributed by atoms with Crippen molar-refractivity contribution in [1.29, 1.82) is 0 Å². The van der Waals surface area contributed by atoms with Crippen molar-refractivity contribution < 1.29 is 58.8 Å². The molecule has 3 aliphatic rings. The molecule has 0 saturated carbocycles. The Bertz CT molecular complexity index is 2270. The number of hydrogen-bond acceptors (Lipinski definition) is 13. The third-order valence-electron chi connectivity index (χ3n) is 18.8. The number of benzene rings is 3. The molecule has 3 fully saturated rings. The van der Waals surface area contributed by atoms with Crippen LogP contribution in [0.15, 0.2) is 91.0 Å². The summed E-state index contributed by atoms with van der Waals surface area (Å²) in [6, 6.07) is 31.9. The molecule has 3 heterocycles. The molecule has 0 aliphatic carbocycles. The Balaban J connectivity index is 1.18. The molecule has 0 bridgehead atoms. The summed E-state index contributed by atoms with van der Waals surface area (Å²) in [4.78, 5) is 33.1. The fourth-order valence-corrected chi connectivity index (χ4v) is 18.5. The van der Waals surface area contributed by atoms with Gasteiger partial charge in [0.2, 0.25) is 5.91 Å². The van der Waals surface area contributed by atoms with Gasteiger partial charge in [-0.3, -0.25) is 9.59 Å². The number of hydrogen-bond donors (Lipinski definition) is 5. The van der Waals surface area contributed by atoms with Crippen molar-refractivity contribution in [2.75, 3.05) is 33.9 Å². The number of rotatable bonds is 20. The van der Waals surface area contributed by atoms with E-state index in [0.717, 1.165) is 51.1 Å². The number of aliphatic hydroxyl groups is 5. The van der Waals surface area contributed by atoms with Gasteiger partial charge in [0.25, 0.3) is 0 Å². The predicted molar refractivity (Wildman–Crippen MR) is 323 cm³/mol. The molecule has 0 spiro atoms. The van der Waals surface area contributed by atoms with Crippen molar-refractivity contribution in [2.24, 2.45) is 23.7 Å². The van der Waals surface area contributed by atoms with Gasteiger partial charge in [-0.2, -0.15) is 0 Å². The molecule has 0 aromatic heterocycles. The summed E-state index contributed by atoms with van der Waals surface area (Å²) in [5, 5.41) is 65.2. The van der Waals surface area contributed by atoms with Crippen LogP contribution in [-0.4, -0.2) is 165 Å². The minimum absolute atomic E-state index is 0.105. The van der Waals surface area contributed by atoms with Gasteiger partial charge in [0, 0.05) is 38.5 Å². The molecule has 3 saturated heterocycles. The Morgan fingerprint density at radius 2 is 1.26 bits per heavy atom. The molecule has 6 rings (SSSR count). The molecule has 1 amide bonds. The number of unbranched alkanes of at least 4 members (excludes halogenated alkanes) is 7. The summed E-state index contributed by atoms with van der Waals surface area (Å²) < 4.78 is 32.2. The first-order valence-corrected chi connectivity index (χ1v) is 32.5. The maximum atomic E-state index is 14.8. The molecule has 1 unspecified atom stereocenters. The second-order valence-corrected chi connectivity index (χ2v) is 29.1. The Labute approximate surface area is 487 Å². The van der Waals surface area contributed by atoms with E-state index < -0.39 is 103 Å². The molecule has 3 aliphatic heterocycles. The van der Waals surface area contributed by atoms with Gasteiger partial charge >= 0.3 is 5.97 Å². The fraction of sp³-hybridized carbons (Fsp3) is 0.697. The maximum absolute atomic E-state index is 14.8. The SMILES string of the molecule is CC[C@H]1OC(=O)[C@H](C)C([C@H]2C[C@@](C)(OC)[C@@H](O)[C@H](C)O2)[C@H](C)[C@@H](O[C@@H]2O[C@H](C)C[C@H](N(C)C)[C@H]2O)[C@](C)(O)C[C@@H](C)CN(C(=O)CCCCCCCCCC[P+](c2ccccc2)(c2ccccc2)c2ccccc2)[C@H](C)[C@@H](O)[C@]1(C)O. The highest BCUT2D eigenvalue weighted by molar-refractivity contribution is 7.95. The number of methoxy groups -OCH3 is 1. The normalized spacial score (nSPS) is 35.9. The number of esters is 1. The van der Waals surface area contributed by atoms with Crippen molar-refractivity contribution in [3.8, 4) is 0 Å². The zero-order valence-electron chi connectivity index (χ0n) is 51.4. The van der Waals surface area contributed by atoms with E-state index >= 15 is 0 Å². The van der Waals surface area contributed by atoms with E-state index in [9.17, 15) is 35.1 Å². The molecular formula is C66H104N2O12P+. The van der Waals surface area contributed by atoms with E-state index in [2.05, 4.69) is 91.0 Å². The molecule has 14 nitrogen and oxygen atoms in total. The van der Waals surface area contributed by atoms with E-state index in [1.54, 1.807) is 39.5 Å². The van der Waals surface area contributed by atoms with Gasteiger partial charge in [-0.25, -0.2) is 0 Å². The van der Waals surface area contributed by atoms with E-state index in [1.165, 1.54) is 29.9 Å². The van der Waals surface area contributed by atoms with Gasteiger partial charge < -0.3 is 59.0 Å². The Hall–Kier alpha value is -3.37. The van der Waals surface area contributed by atoms with Crippen LogP contribution in [0.5, 0.6) is 0 Å². The van der Waals surface area contributed by atoms with Crippen LogP contribution < -0.4 is 15.9 Å². The predicted octanol–water partition coefficient (Wildman–Crippen LogP) is 8.58. The highest BCUT2D eigenvalue weighted by atomic mass is 31.2. The zero-order chi connectivity index (χ0) is 59.5. The third kappa shape index (κ3) is 15.9. The quantitative estimate of drug-likeness (QED) is 0.0412. The van der Waals surface area contributed by atoms with Crippen molar-refractivity contribution in [3.63, 3.8) is 0 Å². The van der Waals surface area contributed by atoms with Crippen LogP contribution in [-0.2, 0) is 33.3 Å². The van der Waals surface area contributed by atoms with E-state index in [4.69, 9.17) is 23.7 Å². The Morgan fingerprint density at radius 1 is 0.741 bits per heavy atom. The standard InChI is InChI=1S/C66H104N2O12P/c1-14-55-66(10,75)59(71)48(6)68(56(69)38-30-19-17-15-16-18-20-31-39-81(50-32-24-21-25-33-50,51-34-26-22-27-35-51)52-36-28-23-29-37-52)43-44(2)41-64(8,74)61(80-63-58(70)53(67(11)12)40-45(3)77-63)46(4)57(47(5)62(73)79-55)54-42-65(9,76-13)60(72)49(7)78-54/h21-29,32-37,44-49,53-55,57-61,63,70-72,74-75H,14-20,30-31,38-43H2,1-13H3/q+1/t44-,45-,46+,47-,48-,49+,53+,54-,55-,57?,58-,59-,60+,61-,63+,64-,65-,66-/m1/s1. The first-order valence-electron chi connectivity index (χ1n) is 30.6. The average Bonchev–Trinajstić information content (AvgIpc) is 3.47. The number of ether oxygens (including phenoxy) is 5. The number of nitrogens with zero attached hydrogens (tertiary/aromatic N) is 2. The molecule has 0 radical (unpaired) electrons. The van der Waals surface area contributed by atoms with Gasteiger partial charge in [0.05, 0.1) is 53.7 Å². The third-order valence-corrected chi connectivity index (χ3v) is 23.3. The molecule has 15 heteroatoms. The van der Waals surface area contributed by atoms with Crippen LogP contribution in [0, 0.1) is 23.7 Å². The summed E-state index contributed by atoms with van der Waals surface area (Å²) in [5.74, 6) is -3.63. The summed E-state index contributed by atoms with van der Waals surface area (Å²) in [5.41, 5.74) is -4.72. The van der Waals surface area contributed by atoms with Gasteiger partial charge in [0.15, 0.2) is 6.29 Å². The van der Waals surface area contributed by atoms with E-state index in [-0.39, 0.29) is 56.2 Å². The van der Waals surface area contributed by atoms with E-state index in [1.807, 2.05) is 46.7 Å². The number of amides is 1. The Kier molecular flexibility index (Phi) is 24.4. The highest BCUT2D eigenvalue weighted by Gasteiger charge is 2.55. The monoisotopic (exact) mass is 1150 g/mol. The van der Waals surface area contributed by atoms with Gasteiger partial charge in [0.1, 0.15) is 53.2 Å². The van der Waals surface area contributed by atoms with Gasteiger partial charge in [-0.15, -0.1) is 0 Å². The first kappa shape index (κ1) is 66.8. The first-order chi connectivity index (χ1) is 38.3. The van der Waals surface area contributed by atoms with Crippen LogP contribution in [0.4, 0.5) is 0 Å². The zero-order valence-corrected chi connectivity index (χ0v) is 52.3. The lowest BCUT2D eigenvalue weighted by molar-refractivity contribution is -0.302. The second kappa shape index (κ2) is 29.6. The molecule has 81 heavy (non-hydrogen) atoms. The lowest BCUT2D eigenvalue weighted by Gasteiger charge is -2.51. The van der Waals surface area contributed by atoms with Crippen LogP contribution >= 0.6 is 7.26 Å². The lowest BCUT2D eigenvalue weighted by atomic mass is 9.68.